The van der Waals surface area contributed by atoms with Crippen LogP contribution in [0.3, 0.4) is 0 Å². The quantitative estimate of drug-likeness (QED) is 0.672. The molecule has 0 aliphatic rings. The molecule has 11 heavy (non-hydrogen) atoms. The summed E-state index contributed by atoms with van der Waals surface area (Å²) >= 11 is 0. The van der Waals surface area contributed by atoms with Crippen LogP contribution in [0.15, 0.2) is 23.4 Å². The lowest BCUT2D eigenvalue weighted by molar-refractivity contribution is 0.681. The van der Waals surface area contributed by atoms with Gasteiger partial charge in [0.05, 0.1) is 10.8 Å². The van der Waals surface area contributed by atoms with E-state index < -0.39 is 10.8 Å². The maximum Gasteiger partial charge on any atom is 0.127 e. The number of nitrogens with zero attached hydrogens (tertiary/aromatic N) is 1. The molecule has 1 heterocycles. The maximum atomic E-state index is 11.2. The van der Waals surface area contributed by atoms with Gasteiger partial charge in [-0.3, -0.25) is 4.21 Å². The topological polar surface area (TPSA) is 30.0 Å². The number of aryl methyl sites for hydroxylation is 1. The zero-order valence-electron chi connectivity index (χ0n) is 6.70. The van der Waals surface area contributed by atoms with Crippen LogP contribution in [0.25, 0.3) is 0 Å². The molecule has 1 unspecified atom stereocenters. The Hall–Kier alpha value is -0.700. The molecule has 0 bridgehead atoms. The highest BCUT2D eigenvalue weighted by Gasteiger charge is 2.00. The summed E-state index contributed by atoms with van der Waals surface area (Å²) in [5.74, 6) is 0.635. The predicted molar refractivity (Wildman–Crippen MR) is 45.9 cm³/mol. The second kappa shape index (κ2) is 3.62. The summed E-state index contributed by atoms with van der Waals surface area (Å²) in [5, 5.41) is 0.688. The van der Waals surface area contributed by atoms with Gasteiger partial charge in [-0.1, -0.05) is 6.92 Å². The van der Waals surface area contributed by atoms with E-state index in [-0.39, 0.29) is 0 Å². The highest BCUT2D eigenvalue weighted by molar-refractivity contribution is 7.84. The fourth-order valence-electron chi connectivity index (χ4n) is 0.781. The van der Waals surface area contributed by atoms with Crippen LogP contribution in [0.2, 0.25) is 0 Å². The van der Waals surface area contributed by atoms with Crippen molar-refractivity contribution in [1.82, 2.24) is 4.98 Å². The minimum Gasteiger partial charge on any atom is -0.253 e. The Morgan fingerprint density at radius 3 is 2.91 bits per heavy atom. The van der Waals surface area contributed by atoms with Crippen LogP contribution >= 0.6 is 0 Å². The monoisotopic (exact) mass is 169 g/mol. The molecule has 0 N–H and O–H groups in total. The molecule has 0 aliphatic carbocycles. The second-order valence-corrected chi connectivity index (χ2v) is 3.99. The first kappa shape index (κ1) is 8.40. The smallest absolute Gasteiger partial charge is 0.127 e. The predicted octanol–water partition coefficient (Wildman–Crippen LogP) is 1.52. The molecule has 1 atom stereocenters. The summed E-state index contributed by atoms with van der Waals surface area (Å²) in [4.78, 5) is 4.01. The molecule has 2 nitrogen and oxygen atoms in total. The van der Waals surface area contributed by atoms with Gasteiger partial charge in [0.25, 0.3) is 0 Å². The summed E-state index contributed by atoms with van der Waals surface area (Å²) in [6.07, 6.45) is 1.69. The molecule has 0 saturated heterocycles. The Morgan fingerprint density at radius 2 is 2.36 bits per heavy atom. The van der Waals surface area contributed by atoms with Crippen molar-refractivity contribution < 1.29 is 4.21 Å². The molecule has 60 valence electrons. The molecule has 0 amide bonds. The van der Waals surface area contributed by atoms with Gasteiger partial charge in [-0.25, -0.2) is 4.98 Å². The van der Waals surface area contributed by atoms with Gasteiger partial charge >= 0.3 is 0 Å². The SMILES string of the molecule is CCS(=O)c1cc(C)ccn1. The summed E-state index contributed by atoms with van der Waals surface area (Å²) < 4.78 is 11.2. The molecular weight excluding hydrogens is 158 g/mol. The zero-order chi connectivity index (χ0) is 8.27. The Kier molecular flexibility index (Phi) is 2.76. The first-order valence-corrected chi connectivity index (χ1v) is 4.87. The van der Waals surface area contributed by atoms with Crippen LogP contribution in [0.1, 0.15) is 12.5 Å². The van der Waals surface area contributed by atoms with Gasteiger partial charge in [-0.05, 0) is 24.6 Å². The Morgan fingerprint density at radius 1 is 1.64 bits per heavy atom. The van der Waals surface area contributed by atoms with Crippen LogP contribution in [0, 0.1) is 6.92 Å². The largest absolute Gasteiger partial charge is 0.253 e. The van der Waals surface area contributed by atoms with Crippen LogP contribution < -0.4 is 0 Å². The highest BCUT2D eigenvalue weighted by Crippen LogP contribution is 2.04. The van der Waals surface area contributed by atoms with Crippen molar-refractivity contribution in [3.05, 3.63) is 23.9 Å². The van der Waals surface area contributed by atoms with Crippen molar-refractivity contribution in [2.75, 3.05) is 5.75 Å². The molecular formula is C8H11NOS. The summed E-state index contributed by atoms with van der Waals surface area (Å²) in [6.45, 7) is 3.86. The second-order valence-electron chi connectivity index (χ2n) is 2.31. The number of hydrogen-bond acceptors (Lipinski definition) is 2. The lowest BCUT2D eigenvalue weighted by Gasteiger charge is -1.97. The fraction of sp³-hybridized carbons (Fsp3) is 0.375. The van der Waals surface area contributed by atoms with Gasteiger partial charge in [0.1, 0.15) is 5.03 Å². The third kappa shape index (κ3) is 2.12. The van der Waals surface area contributed by atoms with Gasteiger partial charge in [0.15, 0.2) is 0 Å². The van der Waals surface area contributed by atoms with E-state index in [0.717, 1.165) is 5.56 Å². The van der Waals surface area contributed by atoms with Crippen LogP contribution in [0.5, 0.6) is 0 Å². The first-order valence-electron chi connectivity index (χ1n) is 3.55. The van der Waals surface area contributed by atoms with E-state index in [1.165, 1.54) is 0 Å². The summed E-state index contributed by atoms with van der Waals surface area (Å²) in [7, 11) is -0.912. The molecule has 1 aromatic heterocycles. The van der Waals surface area contributed by atoms with Crippen LogP contribution in [0.4, 0.5) is 0 Å². The number of hydrogen-bond donors (Lipinski definition) is 0. The Bertz CT molecular complexity index is 273. The molecule has 0 fully saturated rings. The average molecular weight is 169 g/mol. The molecule has 0 aliphatic heterocycles. The van der Waals surface area contributed by atoms with E-state index in [9.17, 15) is 4.21 Å². The molecule has 0 radical (unpaired) electrons. The zero-order valence-corrected chi connectivity index (χ0v) is 7.52. The van der Waals surface area contributed by atoms with E-state index in [2.05, 4.69) is 4.98 Å². The summed E-state index contributed by atoms with van der Waals surface area (Å²) in [5.41, 5.74) is 1.11. The minimum atomic E-state index is -0.912. The van der Waals surface area contributed by atoms with E-state index in [1.54, 1.807) is 6.20 Å². The lowest BCUT2D eigenvalue weighted by Crippen LogP contribution is -1.96. The van der Waals surface area contributed by atoms with Crippen molar-refractivity contribution in [2.24, 2.45) is 0 Å². The van der Waals surface area contributed by atoms with Gasteiger partial charge in [0, 0.05) is 11.9 Å². The average Bonchev–Trinajstić information content (AvgIpc) is 2.03. The lowest BCUT2D eigenvalue weighted by atomic mass is 10.3. The number of pyridine rings is 1. The summed E-state index contributed by atoms with van der Waals surface area (Å²) in [6, 6.07) is 3.76. The van der Waals surface area contributed by atoms with Crippen LogP contribution in [-0.4, -0.2) is 14.9 Å². The van der Waals surface area contributed by atoms with Gasteiger partial charge in [-0.2, -0.15) is 0 Å². The molecule has 0 saturated carbocycles. The molecule has 0 spiro atoms. The molecule has 3 heteroatoms. The van der Waals surface area contributed by atoms with E-state index in [0.29, 0.717) is 10.8 Å². The van der Waals surface area contributed by atoms with Crippen molar-refractivity contribution in [2.45, 2.75) is 18.9 Å². The molecule has 1 aromatic rings. The van der Waals surface area contributed by atoms with Gasteiger partial charge < -0.3 is 0 Å². The number of aromatic nitrogens is 1. The molecule has 1 rings (SSSR count). The molecule has 0 aromatic carbocycles. The van der Waals surface area contributed by atoms with Crippen LogP contribution in [-0.2, 0) is 10.8 Å². The van der Waals surface area contributed by atoms with Crippen molar-refractivity contribution in [1.29, 1.82) is 0 Å². The van der Waals surface area contributed by atoms with Gasteiger partial charge in [0.2, 0.25) is 0 Å². The Balaban J connectivity index is 2.96. The first-order chi connectivity index (χ1) is 5.24. The third-order valence-corrected chi connectivity index (χ3v) is 2.60. The number of rotatable bonds is 2. The third-order valence-electron chi connectivity index (χ3n) is 1.39. The maximum absolute atomic E-state index is 11.2. The van der Waals surface area contributed by atoms with Crippen molar-refractivity contribution in [3.8, 4) is 0 Å². The Labute approximate surface area is 69.1 Å². The minimum absolute atomic E-state index is 0.635. The van der Waals surface area contributed by atoms with E-state index in [1.807, 2.05) is 26.0 Å². The van der Waals surface area contributed by atoms with Gasteiger partial charge in [-0.15, -0.1) is 0 Å². The fourth-order valence-corrected chi connectivity index (χ4v) is 1.57. The highest BCUT2D eigenvalue weighted by atomic mass is 32.2. The van der Waals surface area contributed by atoms with Crippen molar-refractivity contribution in [3.63, 3.8) is 0 Å². The van der Waals surface area contributed by atoms with Crippen molar-refractivity contribution >= 4 is 10.8 Å². The normalized spacial score (nSPS) is 12.9. The van der Waals surface area contributed by atoms with E-state index in [4.69, 9.17) is 0 Å². The standard InChI is InChI=1S/C8H11NOS/c1-3-11(10)8-6-7(2)4-5-9-8/h4-6H,3H2,1-2H3. The van der Waals surface area contributed by atoms with E-state index >= 15 is 0 Å².